The molecule has 0 saturated heterocycles. The van der Waals surface area contributed by atoms with Gasteiger partial charge in [0, 0.05) is 18.7 Å². The van der Waals surface area contributed by atoms with Crippen LogP contribution in [0.4, 0.5) is 0 Å². The minimum Gasteiger partial charge on any atom is -0.507 e. The number of esters is 1. The molecular weight excluding hydrogens is 652 g/mol. The molecule has 0 heterocycles. The van der Waals surface area contributed by atoms with E-state index in [4.69, 9.17) is 4.74 Å². The molecule has 5 fully saturated rings. The second-order valence-electron chi connectivity index (χ2n) is 18.3. The largest absolute Gasteiger partial charge is 0.507 e. The van der Waals surface area contributed by atoms with Crippen LogP contribution in [0.15, 0.2) is 42.5 Å². The summed E-state index contributed by atoms with van der Waals surface area (Å²) in [7, 11) is 1.26. The molecule has 8 nitrogen and oxygen atoms in total. The van der Waals surface area contributed by atoms with Crippen LogP contribution in [0.5, 0.6) is 5.75 Å². The molecule has 5 saturated carbocycles. The van der Waals surface area contributed by atoms with Crippen LogP contribution in [-0.4, -0.2) is 47.8 Å². The summed E-state index contributed by atoms with van der Waals surface area (Å²) in [5.41, 5.74) is 2.55. The fourth-order valence-corrected chi connectivity index (χ4v) is 13.2. The van der Waals surface area contributed by atoms with E-state index in [9.17, 15) is 24.6 Å². The number of phenols is 1. The maximum Gasteiger partial charge on any atom is 0.341 e. The van der Waals surface area contributed by atoms with E-state index in [1.807, 2.05) is 18.2 Å². The van der Waals surface area contributed by atoms with Crippen molar-refractivity contribution in [3.05, 3.63) is 64.7 Å². The third-order valence-electron chi connectivity index (χ3n) is 15.8. The van der Waals surface area contributed by atoms with E-state index < -0.39 is 5.97 Å². The number of benzene rings is 2. The summed E-state index contributed by atoms with van der Waals surface area (Å²) in [5, 5.41) is 27.3. The number of aliphatic hydroxyl groups is 1. The Kier molecular flexibility index (Phi) is 9.80. The highest BCUT2D eigenvalue weighted by molar-refractivity contribution is 5.94. The lowest BCUT2D eigenvalue weighted by atomic mass is 9.36. The Labute approximate surface area is 309 Å². The van der Waals surface area contributed by atoms with Gasteiger partial charge >= 0.3 is 5.97 Å². The Hall–Kier alpha value is -3.39. The number of phenolic OH excluding ortho intramolecular Hbond substituents is 1. The van der Waals surface area contributed by atoms with Crippen molar-refractivity contribution in [3.63, 3.8) is 0 Å². The molecule has 0 bridgehead atoms. The average Bonchev–Trinajstić information content (AvgIpc) is 3.59. The number of aliphatic hydroxyl groups excluding tert-OH is 1. The summed E-state index contributed by atoms with van der Waals surface area (Å²) < 4.78 is 4.73. The fraction of sp³-hybridized carbons (Fsp3) is 0.659. The van der Waals surface area contributed by atoms with Crippen LogP contribution in [0.2, 0.25) is 0 Å². The van der Waals surface area contributed by atoms with Crippen molar-refractivity contribution >= 4 is 17.8 Å². The first-order valence-electron chi connectivity index (χ1n) is 20.0. The van der Waals surface area contributed by atoms with Crippen LogP contribution in [-0.2, 0) is 22.5 Å². The zero-order chi connectivity index (χ0) is 37.1. The van der Waals surface area contributed by atoms with Crippen molar-refractivity contribution in [2.75, 3.05) is 13.7 Å². The van der Waals surface area contributed by atoms with E-state index >= 15 is 0 Å². The molecule has 0 radical (unpaired) electrons. The monoisotopic (exact) mass is 712 g/mol. The maximum atomic E-state index is 14.2. The molecule has 7 rings (SSSR count). The molecule has 2 amide bonds. The molecule has 5 aliphatic carbocycles. The van der Waals surface area contributed by atoms with Gasteiger partial charge in [0.05, 0.1) is 18.6 Å². The summed E-state index contributed by atoms with van der Waals surface area (Å²) in [5.74, 6) is 2.23. The molecule has 0 spiro atoms. The van der Waals surface area contributed by atoms with Gasteiger partial charge in [-0.3, -0.25) is 9.59 Å². The Morgan fingerprint density at radius 2 is 1.60 bits per heavy atom. The number of hydrogen-bond acceptors (Lipinski definition) is 6. The zero-order valence-electron chi connectivity index (χ0n) is 31.9. The molecule has 2 aromatic rings. The number of aromatic hydroxyl groups is 1. The third-order valence-corrected chi connectivity index (χ3v) is 15.8. The Morgan fingerprint density at radius 1 is 0.808 bits per heavy atom. The van der Waals surface area contributed by atoms with E-state index in [0.717, 1.165) is 44.1 Å². The number of nitrogens with one attached hydrogen (secondary N) is 2. The molecule has 9 atom stereocenters. The highest BCUT2D eigenvalue weighted by Gasteiger charge is 2.67. The van der Waals surface area contributed by atoms with Crippen LogP contribution in [0, 0.1) is 51.2 Å². The molecule has 52 heavy (non-hydrogen) atoms. The first-order valence-corrected chi connectivity index (χ1v) is 20.0. The average molecular weight is 713 g/mol. The summed E-state index contributed by atoms with van der Waals surface area (Å²) in [6, 6.07) is 12.1. The Balaban J connectivity index is 0.966. The lowest BCUT2D eigenvalue weighted by molar-refractivity contribution is -0.214. The van der Waals surface area contributed by atoms with Gasteiger partial charge in [0.15, 0.2) is 0 Å². The van der Waals surface area contributed by atoms with E-state index in [0.29, 0.717) is 59.1 Å². The highest BCUT2D eigenvalue weighted by Crippen LogP contribution is 2.73. The topological polar surface area (TPSA) is 125 Å². The lowest BCUT2D eigenvalue weighted by Gasteiger charge is -2.69. The van der Waals surface area contributed by atoms with Crippen LogP contribution in [0.25, 0.3) is 0 Å². The molecule has 8 heteroatoms. The van der Waals surface area contributed by atoms with Crippen LogP contribution >= 0.6 is 0 Å². The van der Waals surface area contributed by atoms with Crippen LogP contribution in [0.3, 0.4) is 0 Å². The van der Waals surface area contributed by atoms with E-state index in [1.54, 1.807) is 12.1 Å². The minimum atomic E-state index is -0.638. The first-order chi connectivity index (χ1) is 24.7. The number of rotatable bonds is 8. The molecule has 0 aromatic heterocycles. The second-order valence-corrected chi connectivity index (χ2v) is 18.3. The molecule has 0 aliphatic heterocycles. The van der Waals surface area contributed by atoms with Gasteiger partial charge in [-0.25, -0.2) is 4.79 Å². The summed E-state index contributed by atoms with van der Waals surface area (Å²) in [6.07, 6.45) is 12.9. The van der Waals surface area contributed by atoms with Gasteiger partial charge in [0.25, 0.3) is 5.91 Å². The second kappa shape index (κ2) is 13.8. The van der Waals surface area contributed by atoms with Crippen LogP contribution in [0.1, 0.15) is 130 Å². The minimum absolute atomic E-state index is 0.0302. The number of carbonyl (C=O) groups is 3. The first kappa shape index (κ1) is 36.9. The van der Waals surface area contributed by atoms with Crippen LogP contribution < -0.4 is 10.6 Å². The Bertz CT molecular complexity index is 1700. The highest BCUT2D eigenvalue weighted by atomic mass is 16.5. The summed E-state index contributed by atoms with van der Waals surface area (Å²) in [6.45, 7) is 10.6. The number of fused-ring (bicyclic) bond motifs is 7. The van der Waals surface area contributed by atoms with E-state index in [-0.39, 0.29) is 52.0 Å². The summed E-state index contributed by atoms with van der Waals surface area (Å²) in [4.78, 5) is 39.2. The molecule has 4 N–H and O–H groups in total. The normalized spacial score (nSPS) is 36.0. The lowest BCUT2D eigenvalue weighted by Crippen LogP contribution is -2.63. The van der Waals surface area contributed by atoms with Crippen molar-refractivity contribution in [3.8, 4) is 5.75 Å². The number of ether oxygens (including phenoxy) is 1. The van der Waals surface area contributed by atoms with Crippen molar-refractivity contribution in [1.29, 1.82) is 0 Å². The molecular formula is C44H60N2O6. The SMILES string of the molecule is COC(=O)c1cc(CNC(=O)c2cccc(CCNC(=O)C34CCCC3C3CCC5C(C)(CCC6C(C)(C)C(O)CCC65C)C3CC4)c2)ccc1O. The van der Waals surface area contributed by atoms with Crippen molar-refractivity contribution < 1.29 is 29.3 Å². The van der Waals surface area contributed by atoms with Crippen molar-refractivity contribution in [2.45, 2.75) is 117 Å². The van der Waals surface area contributed by atoms with Gasteiger partial charge in [-0.05, 0) is 152 Å². The quantitative estimate of drug-likeness (QED) is 0.209. The van der Waals surface area contributed by atoms with E-state index in [2.05, 4.69) is 38.3 Å². The van der Waals surface area contributed by atoms with Gasteiger partial charge in [-0.1, -0.05) is 52.3 Å². The molecule has 2 aromatic carbocycles. The Morgan fingerprint density at radius 3 is 2.38 bits per heavy atom. The predicted octanol–water partition coefficient (Wildman–Crippen LogP) is 7.59. The zero-order valence-corrected chi connectivity index (χ0v) is 31.9. The van der Waals surface area contributed by atoms with Gasteiger partial charge in [-0.15, -0.1) is 0 Å². The van der Waals surface area contributed by atoms with Gasteiger partial charge < -0.3 is 25.6 Å². The van der Waals surface area contributed by atoms with Crippen molar-refractivity contribution in [2.24, 2.45) is 51.2 Å². The van der Waals surface area contributed by atoms with Crippen molar-refractivity contribution in [1.82, 2.24) is 10.6 Å². The van der Waals surface area contributed by atoms with Gasteiger partial charge in [-0.2, -0.15) is 0 Å². The molecule has 5 aliphatic rings. The standard InChI is InChI=1S/C44H60N2O6/c1-41(2)35-16-20-42(3)32-15-22-44(19-7-10-33(44)30(32)12-14-36(42)43(35,4)21-17-37(41)48)40(51)45-23-18-27-8-6-9-29(24-27)38(49)46-26-28-11-13-34(47)31(25-28)39(50)52-5/h6,8-9,11,13,24-25,30,32-33,35-37,47-48H,7,10,12,14-23,26H2,1-5H3,(H,45,51)(H,46,49). The number of carbonyl (C=O) groups excluding carboxylic acids is 3. The maximum absolute atomic E-state index is 14.2. The smallest absolute Gasteiger partial charge is 0.341 e. The molecule has 9 unspecified atom stereocenters. The van der Waals surface area contributed by atoms with Gasteiger partial charge in [0.1, 0.15) is 11.3 Å². The number of hydrogen-bond donors (Lipinski definition) is 4. The predicted molar refractivity (Wildman–Crippen MR) is 200 cm³/mol. The van der Waals surface area contributed by atoms with E-state index in [1.165, 1.54) is 51.3 Å². The number of methoxy groups -OCH3 is 1. The fourth-order valence-electron chi connectivity index (χ4n) is 13.2. The molecule has 282 valence electrons. The summed E-state index contributed by atoms with van der Waals surface area (Å²) >= 11 is 0. The third kappa shape index (κ3) is 6.05. The van der Waals surface area contributed by atoms with Gasteiger partial charge in [0.2, 0.25) is 5.91 Å². The number of amides is 2.